The van der Waals surface area contributed by atoms with Crippen LogP contribution in [0, 0.1) is 0 Å². The molecule has 26 heavy (non-hydrogen) atoms. The van der Waals surface area contributed by atoms with Crippen LogP contribution in [0.2, 0.25) is 0 Å². The Labute approximate surface area is 158 Å². The van der Waals surface area contributed by atoms with Gasteiger partial charge in [0.1, 0.15) is 17.4 Å². The number of nitrogens with zero attached hydrogens (tertiary/aromatic N) is 4. The highest BCUT2D eigenvalue weighted by atomic mass is 32.1. The molecule has 3 heterocycles. The summed E-state index contributed by atoms with van der Waals surface area (Å²) in [4.78, 5) is 11.2. The summed E-state index contributed by atoms with van der Waals surface area (Å²) in [5.74, 6) is 0.920. The normalized spacial score (nSPS) is 18.1. The van der Waals surface area contributed by atoms with E-state index >= 15 is 0 Å². The van der Waals surface area contributed by atoms with Crippen molar-refractivity contribution >= 4 is 11.3 Å². The van der Waals surface area contributed by atoms with Crippen LogP contribution in [0.15, 0.2) is 54.6 Å². The second-order valence-corrected chi connectivity index (χ2v) is 7.57. The fourth-order valence-corrected chi connectivity index (χ4v) is 4.28. The predicted molar refractivity (Wildman–Crippen MR) is 103 cm³/mol. The first kappa shape index (κ1) is 17.2. The Balaban J connectivity index is 1.32. The van der Waals surface area contributed by atoms with E-state index in [1.807, 2.05) is 23.3 Å². The van der Waals surface area contributed by atoms with E-state index in [2.05, 4.69) is 44.5 Å². The van der Waals surface area contributed by atoms with Gasteiger partial charge in [0.05, 0.1) is 18.9 Å². The van der Waals surface area contributed by atoms with E-state index in [1.54, 1.807) is 17.5 Å². The van der Waals surface area contributed by atoms with Crippen molar-refractivity contribution < 1.29 is 4.74 Å². The van der Waals surface area contributed by atoms with Gasteiger partial charge in [0, 0.05) is 30.5 Å². The summed E-state index contributed by atoms with van der Waals surface area (Å²) >= 11 is 1.77. The molecule has 1 aliphatic heterocycles. The maximum absolute atomic E-state index is 5.83. The van der Waals surface area contributed by atoms with Crippen LogP contribution in [0.5, 0.6) is 5.75 Å². The molecule has 0 saturated carbocycles. The number of thiazole rings is 1. The third kappa shape index (κ3) is 4.31. The third-order valence-electron chi connectivity index (χ3n) is 4.84. The van der Waals surface area contributed by atoms with Gasteiger partial charge in [0.2, 0.25) is 0 Å². The quantitative estimate of drug-likeness (QED) is 0.628. The molecule has 1 aliphatic rings. The van der Waals surface area contributed by atoms with E-state index in [4.69, 9.17) is 4.74 Å². The number of likely N-dealkylation sites (tertiary alicyclic amines) is 1. The van der Waals surface area contributed by atoms with Gasteiger partial charge in [0.15, 0.2) is 0 Å². The summed E-state index contributed by atoms with van der Waals surface area (Å²) in [7, 11) is 0. The Hall–Kier alpha value is -2.18. The molecule has 0 radical (unpaired) electrons. The number of ether oxygens (including phenoxy) is 1. The van der Waals surface area contributed by atoms with Gasteiger partial charge in [-0.1, -0.05) is 18.6 Å². The molecule has 1 saturated heterocycles. The molecule has 4 rings (SSSR count). The number of aromatic nitrogens is 3. The summed E-state index contributed by atoms with van der Waals surface area (Å²) in [6, 6.07) is 8.98. The summed E-state index contributed by atoms with van der Waals surface area (Å²) in [5.41, 5.74) is 1.33. The topological polar surface area (TPSA) is 43.2 Å². The van der Waals surface area contributed by atoms with Crippen molar-refractivity contribution in [1.29, 1.82) is 0 Å². The largest absolute Gasteiger partial charge is 0.492 e. The first-order valence-electron chi connectivity index (χ1n) is 9.19. The number of benzene rings is 1. The zero-order valence-electron chi connectivity index (χ0n) is 14.8. The molecule has 5 nitrogen and oxygen atoms in total. The van der Waals surface area contributed by atoms with Gasteiger partial charge in [0.25, 0.3) is 0 Å². The Kier molecular flexibility index (Phi) is 5.62. The fraction of sp³-hybridized carbons (Fsp3) is 0.400. The third-order valence-corrected chi connectivity index (χ3v) is 5.71. The zero-order chi connectivity index (χ0) is 17.6. The molecule has 1 atom stereocenters. The lowest BCUT2D eigenvalue weighted by atomic mass is 10.0. The van der Waals surface area contributed by atoms with Crippen LogP contribution in [-0.2, 0) is 13.1 Å². The summed E-state index contributed by atoms with van der Waals surface area (Å²) in [6.45, 7) is 3.58. The fourth-order valence-electron chi connectivity index (χ4n) is 3.47. The van der Waals surface area contributed by atoms with Crippen molar-refractivity contribution in [2.24, 2.45) is 0 Å². The van der Waals surface area contributed by atoms with Gasteiger partial charge in [-0.3, -0.25) is 4.90 Å². The van der Waals surface area contributed by atoms with Crippen molar-refractivity contribution in [1.82, 2.24) is 19.4 Å². The van der Waals surface area contributed by atoms with Crippen LogP contribution in [0.25, 0.3) is 0 Å². The Bertz CT molecular complexity index is 771. The summed E-state index contributed by atoms with van der Waals surface area (Å²) in [6.07, 6.45) is 11.2. The van der Waals surface area contributed by atoms with Gasteiger partial charge in [-0.25, -0.2) is 9.97 Å². The van der Waals surface area contributed by atoms with Crippen LogP contribution in [0.3, 0.4) is 0 Å². The summed E-state index contributed by atoms with van der Waals surface area (Å²) < 4.78 is 7.85. The Morgan fingerprint density at radius 2 is 2.08 bits per heavy atom. The average Bonchev–Trinajstić information content (AvgIpc) is 3.38. The molecule has 6 heteroatoms. The monoisotopic (exact) mass is 368 g/mol. The maximum Gasteiger partial charge on any atom is 0.119 e. The number of rotatable bonds is 7. The minimum absolute atomic E-state index is 0.467. The lowest BCUT2D eigenvalue weighted by Crippen LogP contribution is -2.32. The van der Waals surface area contributed by atoms with E-state index in [-0.39, 0.29) is 0 Å². The van der Waals surface area contributed by atoms with Crippen molar-refractivity contribution in [3.05, 3.63) is 65.1 Å². The molecular weight excluding hydrogens is 344 g/mol. The van der Waals surface area contributed by atoms with Gasteiger partial charge in [-0.2, -0.15) is 0 Å². The molecule has 2 aromatic heterocycles. The van der Waals surface area contributed by atoms with Gasteiger partial charge in [-0.15, -0.1) is 11.3 Å². The van der Waals surface area contributed by atoms with Crippen LogP contribution < -0.4 is 4.74 Å². The summed E-state index contributed by atoms with van der Waals surface area (Å²) in [5, 5.41) is 3.34. The number of imidazole rings is 1. The zero-order valence-corrected chi connectivity index (χ0v) is 15.6. The molecule has 1 aromatic carbocycles. The van der Waals surface area contributed by atoms with E-state index in [0.29, 0.717) is 12.6 Å². The molecule has 1 unspecified atom stereocenters. The Morgan fingerprint density at radius 1 is 1.15 bits per heavy atom. The lowest BCUT2D eigenvalue weighted by molar-refractivity contribution is 0.140. The lowest BCUT2D eigenvalue weighted by Gasteiger charge is -2.34. The van der Waals surface area contributed by atoms with Gasteiger partial charge < -0.3 is 9.30 Å². The molecule has 136 valence electrons. The molecule has 0 bridgehead atoms. The Morgan fingerprint density at radius 3 is 2.85 bits per heavy atom. The van der Waals surface area contributed by atoms with E-state index in [0.717, 1.165) is 25.4 Å². The van der Waals surface area contributed by atoms with Crippen molar-refractivity contribution in [3.63, 3.8) is 0 Å². The number of hydrogen-bond acceptors (Lipinski definition) is 5. The van der Waals surface area contributed by atoms with Crippen LogP contribution in [-0.4, -0.2) is 32.6 Å². The average molecular weight is 369 g/mol. The molecule has 0 aliphatic carbocycles. The van der Waals surface area contributed by atoms with E-state index in [9.17, 15) is 0 Å². The van der Waals surface area contributed by atoms with Crippen molar-refractivity contribution in [2.45, 2.75) is 38.4 Å². The second-order valence-electron chi connectivity index (χ2n) is 6.65. The highest BCUT2D eigenvalue weighted by Gasteiger charge is 2.25. The van der Waals surface area contributed by atoms with Crippen LogP contribution in [0.4, 0.5) is 0 Å². The van der Waals surface area contributed by atoms with Crippen molar-refractivity contribution in [2.75, 3.05) is 13.2 Å². The molecule has 3 aromatic rings. The SMILES string of the molecule is c1cn(CCOc2ccc(CN3CCCCC3c3nccs3)cc2)cn1. The van der Waals surface area contributed by atoms with Gasteiger partial charge in [-0.05, 0) is 37.1 Å². The second kappa shape index (κ2) is 8.47. The first-order valence-corrected chi connectivity index (χ1v) is 10.1. The standard InChI is InChI=1S/C20H24N4OS/c1-2-10-24(19(3-1)20-22-9-14-26-20)15-17-4-6-18(7-5-17)25-13-12-23-11-8-21-16-23/h4-9,11,14,16,19H,1-3,10,12-13,15H2. The van der Waals surface area contributed by atoms with E-state index in [1.165, 1.54) is 29.8 Å². The highest BCUT2D eigenvalue weighted by molar-refractivity contribution is 7.09. The van der Waals surface area contributed by atoms with Crippen molar-refractivity contribution in [3.8, 4) is 5.75 Å². The minimum atomic E-state index is 0.467. The molecule has 1 fully saturated rings. The smallest absolute Gasteiger partial charge is 0.119 e. The number of hydrogen-bond donors (Lipinski definition) is 0. The highest BCUT2D eigenvalue weighted by Crippen LogP contribution is 2.33. The minimum Gasteiger partial charge on any atom is -0.492 e. The molecular formula is C20H24N4OS. The van der Waals surface area contributed by atoms with Gasteiger partial charge >= 0.3 is 0 Å². The predicted octanol–water partition coefficient (Wildman–Crippen LogP) is 4.15. The van der Waals surface area contributed by atoms with E-state index < -0.39 is 0 Å². The maximum atomic E-state index is 5.83. The first-order chi connectivity index (χ1) is 12.9. The molecule has 0 N–H and O–H groups in total. The molecule has 0 amide bonds. The van der Waals surface area contributed by atoms with Crippen LogP contribution in [0.1, 0.15) is 35.9 Å². The number of piperidine rings is 1. The van der Waals surface area contributed by atoms with Crippen LogP contribution >= 0.6 is 11.3 Å². The molecule has 0 spiro atoms.